The highest BCUT2D eigenvalue weighted by Gasteiger charge is 2.17. The van der Waals surface area contributed by atoms with Gasteiger partial charge in [0.05, 0.1) is 5.69 Å². The molecule has 1 fully saturated rings. The Morgan fingerprint density at radius 2 is 2.18 bits per heavy atom. The Hall–Kier alpha value is -0.830. The third-order valence-electron chi connectivity index (χ3n) is 4.16. The number of likely N-dealkylation sites (tertiary alicyclic amines) is 1. The van der Waals surface area contributed by atoms with Crippen LogP contribution in [0, 0.1) is 5.92 Å². The van der Waals surface area contributed by atoms with Crippen molar-refractivity contribution < 1.29 is 0 Å². The molecule has 2 aliphatic heterocycles. The normalized spacial score (nSPS) is 25.1. The predicted molar refractivity (Wildman–Crippen MR) is 69.1 cm³/mol. The van der Waals surface area contributed by atoms with E-state index in [9.17, 15) is 0 Å². The van der Waals surface area contributed by atoms with Gasteiger partial charge in [0.25, 0.3) is 0 Å². The van der Waals surface area contributed by atoms with Crippen molar-refractivity contribution in [3.05, 3.63) is 17.7 Å². The van der Waals surface area contributed by atoms with Crippen molar-refractivity contribution in [2.45, 2.75) is 45.6 Å². The lowest BCUT2D eigenvalue weighted by Crippen LogP contribution is -2.22. The number of hydrogen-bond donors (Lipinski definition) is 0. The van der Waals surface area contributed by atoms with Gasteiger partial charge in [-0.2, -0.15) is 0 Å². The van der Waals surface area contributed by atoms with Gasteiger partial charge in [0.15, 0.2) is 0 Å². The molecule has 1 aromatic rings. The molecule has 3 heterocycles. The largest absolute Gasteiger partial charge is 0.334 e. The molecule has 0 N–H and O–H groups in total. The van der Waals surface area contributed by atoms with E-state index in [0.29, 0.717) is 0 Å². The van der Waals surface area contributed by atoms with Crippen molar-refractivity contribution in [2.75, 3.05) is 19.6 Å². The molecule has 1 saturated heterocycles. The molecule has 17 heavy (non-hydrogen) atoms. The summed E-state index contributed by atoms with van der Waals surface area (Å²) < 4.78 is 2.38. The van der Waals surface area contributed by atoms with E-state index >= 15 is 0 Å². The molecule has 0 radical (unpaired) electrons. The second-order valence-electron chi connectivity index (χ2n) is 5.74. The lowest BCUT2D eigenvalue weighted by molar-refractivity contribution is 0.342. The molecular weight excluding hydrogens is 210 g/mol. The van der Waals surface area contributed by atoms with Crippen LogP contribution in [0.25, 0.3) is 0 Å². The van der Waals surface area contributed by atoms with Crippen LogP contribution in [-0.4, -0.2) is 34.1 Å². The molecule has 0 aliphatic carbocycles. The quantitative estimate of drug-likeness (QED) is 0.797. The number of imidazole rings is 1. The maximum absolute atomic E-state index is 4.78. The van der Waals surface area contributed by atoms with E-state index in [1.54, 1.807) is 0 Å². The highest BCUT2D eigenvalue weighted by atomic mass is 15.1. The van der Waals surface area contributed by atoms with Crippen LogP contribution in [-0.2, 0) is 19.4 Å². The summed E-state index contributed by atoms with van der Waals surface area (Å²) in [7, 11) is 0. The molecule has 0 bridgehead atoms. The van der Waals surface area contributed by atoms with Crippen molar-refractivity contribution in [3.63, 3.8) is 0 Å². The fourth-order valence-corrected chi connectivity index (χ4v) is 3.07. The zero-order chi connectivity index (χ0) is 11.7. The van der Waals surface area contributed by atoms with Gasteiger partial charge in [-0.1, -0.05) is 6.92 Å². The summed E-state index contributed by atoms with van der Waals surface area (Å²) in [5.74, 6) is 2.14. The number of fused-ring (bicyclic) bond motifs is 1. The first-order valence-corrected chi connectivity index (χ1v) is 7.08. The SMILES string of the molecule is CC1CCc2nc(CCN3CCCC3)cn2C1. The van der Waals surface area contributed by atoms with Crippen LogP contribution in [0.4, 0.5) is 0 Å². The number of rotatable bonds is 3. The first kappa shape index (κ1) is 11.3. The fourth-order valence-electron chi connectivity index (χ4n) is 3.07. The molecule has 94 valence electrons. The van der Waals surface area contributed by atoms with Gasteiger partial charge in [-0.25, -0.2) is 4.98 Å². The molecule has 0 saturated carbocycles. The number of hydrogen-bond acceptors (Lipinski definition) is 2. The summed E-state index contributed by atoms with van der Waals surface area (Å²) in [6.45, 7) is 7.31. The van der Waals surface area contributed by atoms with Gasteiger partial charge in [-0.3, -0.25) is 0 Å². The van der Waals surface area contributed by atoms with Crippen molar-refractivity contribution in [1.29, 1.82) is 0 Å². The standard InChI is InChI=1S/C14H23N3/c1-12-4-5-14-15-13(11-17(14)10-12)6-9-16-7-2-3-8-16/h11-12H,2-10H2,1H3. The van der Waals surface area contributed by atoms with Crippen LogP contribution in [0.5, 0.6) is 0 Å². The Labute approximate surface area is 104 Å². The molecule has 2 aliphatic rings. The van der Waals surface area contributed by atoms with Crippen LogP contribution in [0.15, 0.2) is 6.20 Å². The third-order valence-corrected chi connectivity index (χ3v) is 4.16. The van der Waals surface area contributed by atoms with E-state index < -0.39 is 0 Å². The monoisotopic (exact) mass is 233 g/mol. The Morgan fingerprint density at radius 3 is 3.00 bits per heavy atom. The summed E-state index contributed by atoms with van der Waals surface area (Å²) in [4.78, 5) is 7.35. The first-order valence-electron chi connectivity index (χ1n) is 7.08. The minimum Gasteiger partial charge on any atom is -0.334 e. The van der Waals surface area contributed by atoms with Gasteiger partial charge in [0, 0.05) is 32.1 Å². The summed E-state index contributed by atoms with van der Waals surface area (Å²) >= 11 is 0. The zero-order valence-electron chi connectivity index (χ0n) is 10.9. The lowest BCUT2D eigenvalue weighted by atomic mass is 10.0. The van der Waals surface area contributed by atoms with Gasteiger partial charge < -0.3 is 9.47 Å². The minimum atomic E-state index is 0.822. The molecule has 0 aromatic carbocycles. The number of aromatic nitrogens is 2. The minimum absolute atomic E-state index is 0.822. The Bertz CT molecular complexity index is 377. The molecular formula is C14H23N3. The molecule has 1 unspecified atom stereocenters. The maximum atomic E-state index is 4.78. The van der Waals surface area contributed by atoms with E-state index in [1.165, 1.54) is 63.4 Å². The lowest BCUT2D eigenvalue weighted by Gasteiger charge is -2.19. The second-order valence-corrected chi connectivity index (χ2v) is 5.74. The second kappa shape index (κ2) is 4.81. The number of aryl methyl sites for hydroxylation is 1. The van der Waals surface area contributed by atoms with Crippen molar-refractivity contribution in [3.8, 4) is 0 Å². The van der Waals surface area contributed by atoms with Gasteiger partial charge in [0.2, 0.25) is 0 Å². The van der Waals surface area contributed by atoms with E-state index in [0.717, 1.165) is 12.3 Å². The van der Waals surface area contributed by atoms with Crippen LogP contribution >= 0.6 is 0 Å². The van der Waals surface area contributed by atoms with Gasteiger partial charge >= 0.3 is 0 Å². The third kappa shape index (κ3) is 2.54. The topological polar surface area (TPSA) is 21.1 Å². The zero-order valence-corrected chi connectivity index (χ0v) is 10.9. The summed E-state index contributed by atoms with van der Waals surface area (Å²) in [6.07, 6.45) is 8.68. The van der Waals surface area contributed by atoms with Crippen molar-refractivity contribution >= 4 is 0 Å². The Kier molecular flexibility index (Phi) is 3.19. The molecule has 3 heteroatoms. The fraction of sp³-hybridized carbons (Fsp3) is 0.786. The van der Waals surface area contributed by atoms with Crippen molar-refractivity contribution in [2.24, 2.45) is 5.92 Å². The molecule has 3 rings (SSSR count). The average Bonchev–Trinajstić information content (AvgIpc) is 2.94. The highest BCUT2D eigenvalue weighted by molar-refractivity contribution is 5.07. The highest BCUT2D eigenvalue weighted by Crippen LogP contribution is 2.19. The molecule has 3 nitrogen and oxygen atoms in total. The Balaban J connectivity index is 1.60. The summed E-state index contributed by atoms with van der Waals surface area (Å²) in [6, 6.07) is 0. The van der Waals surface area contributed by atoms with E-state index in [2.05, 4.69) is 22.6 Å². The number of nitrogens with zero attached hydrogens (tertiary/aromatic N) is 3. The Morgan fingerprint density at radius 1 is 1.35 bits per heavy atom. The molecule has 1 atom stereocenters. The van der Waals surface area contributed by atoms with Crippen LogP contribution in [0.2, 0.25) is 0 Å². The van der Waals surface area contributed by atoms with Crippen molar-refractivity contribution in [1.82, 2.24) is 14.5 Å². The van der Waals surface area contributed by atoms with E-state index in [-0.39, 0.29) is 0 Å². The molecule has 1 aromatic heterocycles. The van der Waals surface area contributed by atoms with Gasteiger partial charge in [0.1, 0.15) is 5.82 Å². The maximum Gasteiger partial charge on any atom is 0.108 e. The first-order chi connectivity index (χ1) is 8.31. The average molecular weight is 233 g/mol. The van der Waals surface area contributed by atoms with Gasteiger partial charge in [-0.05, 0) is 38.3 Å². The summed E-state index contributed by atoms with van der Waals surface area (Å²) in [5.41, 5.74) is 1.31. The smallest absolute Gasteiger partial charge is 0.108 e. The predicted octanol–water partition coefficient (Wildman–Crippen LogP) is 2.10. The van der Waals surface area contributed by atoms with Crippen LogP contribution < -0.4 is 0 Å². The molecule has 0 amide bonds. The van der Waals surface area contributed by atoms with E-state index in [4.69, 9.17) is 4.98 Å². The molecule has 0 spiro atoms. The van der Waals surface area contributed by atoms with E-state index in [1.807, 2.05) is 0 Å². The van der Waals surface area contributed by atoms with Crippen LogP contribution in [0.3, 0.4) is 0 Å². The summed E-state index contributed by atoms with van der Waals surface area (Å²) in [5, 5.41) is 0. The van der Waals surface area contributed by atoms with Crippen LogP contribution in [0.1, 0.15) is 37.7 Å². The van der Waals surface area contributed by atoms with Gasteiger partial charge in [-0.15, -0.1) is 0 Å².